The molecule has 0 aliphatic heterocycles. The Kier molecular flexibility index (Phi) is 2.20. The predicted octanol–water partition coefficient (Wildman–Crippen LogP) is 5.17. The van der Waals surface area contributed by atoms with Crippen LogP contribution in [0.2, 0.25) is 0 Å². The van der Waals surface area contributed by atoms with Gasteiger partial charge in [0.25, 0.3) is 5.92 Å². The Balaban J connectivity index is 2.38. The lowest BCUT2D eigenvalue weighted by molar-refractivity contribution is 0.0176. The van der Waals surface area contributed by atoms with E-state index < -0.39 is 5.92 Å². The van der Waals surface area contributed by atoms with E-state index in [1.54, 1.807) is 23.5 Å². The molecule has 3 rings (SSSR count). The third-order valence-corrected chi connectivity index (χ3v) is 4.04. The van der Waals surface area contributed by atoms with Crippen LogP contribution >= 0.6 is 11.3 Å². The molecular weight excluding hydrogens is 238 g/mol. The molecule has 0 atom stereocenters. The lowest BCUT2D eigenvalue weighted by Gasteiger charge is -2.10. The number of benzene rings is 2. The van der Waals surface area contributed by atoms with Crippen LogP contribution in [-0.4, -0.2) is 0 Å². The number of alkyl halides is 2. The molecule has 0 spiro atoms. The van der Waals surface area contributed by atoms with Gasteiger partial charge >= 0.3 is 0 Å². The van der Waals surface area contributed by atoms with Crippen LogP contribution in [-0.2, 0) is 5.92 Å². The van der Waals surface area contributed by atoms with Crippen LogP contribution in [0.4, 0.5) is 8.78 Å². The predicted molar refractivity (Wildman–Crippen MR) is 68.9 cm³/mol. The van der Waals surface area contributed by atoms with Gasteiger partial charge in [-0.25, -0.2) is 8.78 Å². The first-order valence-electron chi connectivity index (χ1n) is 5.35. The maximum atomic E-state index is 13.3. The molecule has 0 bridgehead atoms. The van der Waals surface area contributed by atoms with Crippen molar-refractivity contribution in [1.82, 2.24) is 0 Å². The fourth-order valence-corrected chi connectivity index (χ4v) is 3.09. The van der Waals surface area contributed by atoms with Crippen molar-refractivity contribution in [1.29, 1.82) is 0 Å². The minimum Gasteiger partial charge on any atom is -0.202 e. The molecular formula is C14H10F2S. The molecule has 0 saturated carbocycles. The van der Waals surface area contributed by atoms with Gasteiger partial charge in [-0.15, -0.1) is 11.3 Å². The normalized spacial score (nSPS) is 12.4. The van der Waals surface area contributed by atoms with Crippen molar-refractivity contribution in [2.45, 2.75) is 12.8 Å². The van der Waals surface area contributed by atoms with Crippen LogP contribution in [0.1, 0.15) is 12.5 Å². The average Bonchev–Trinajstić information content (AvgIpc) is 2.65. The van der Waals surface area contributed by atoms with Crippen LogP contribution < -0.4 is 0 Å². The minimum atomic E-state index is -2.78. The molecule has 17 heavy (non-hydrogen) atoms. The summed E-state index contributed by atoms with van der Waals surface area (Å²) in [5.74, 6) is -2.78. The second-order valence-corrected chi connectivity index (χ2v) is 5.28. The van der Waals surface area contributed by atoms with Gasteiger partial charge in [0.1, 0.15) is 0 Å². The third kappa shape index (κ3) is 1.71. The van der Waals surface area contributed by atoms with E-state index in [0.717, 1.165) is 27.1 Å². The summed E-state index contributed by atoms with van der Waals surface area (Å²) in [4.78, 5) is 0. The molecule has 0 saturated heterocycles. The van der Waals surface area contributed by atoms with E-state index in [1.807, 2.05) is 24.3 Å². The zero-order valence-corrected chi connectivity index (χ0v) is 10.0. The highest BCUT2D eigenvalue weighted by Gasteiger charge is 2.24. The van der Waals surface area contributed by atoms with Crippen molar-refractivity contribution < 1.29 is 8.78 Å². The Labute approximate surface area is 101 Å². The van der Waals surface area contributed by atoms with Crippen LogP contribution in [0.25, 0.3) is 20.2 Å². The van der Waals surface area contributed by atoms with Crippen molar-refractivity contribution in [2.24, 2.45) is 0 Å². The first-order valence-corrected chi connectivity index (χ1v) is 6.17. The van der Waals surface area contributed by atoms with Gasteiger partial charge in [-0.2, -0.15) is 0 Å². The standard InChI is InChI=1S/C14H10F2S/c1-14(15,16)9-6-7-13-11(8-9)10-4-2-3-5-12(10)17-13/h2-8H,1H3. The number of hydrogen-bond acceptors (Lipinski definition) is 1. The Morgan fingerprint density at radius 2 is 1.65 bits per heavy atom. The van der Waals surface area contributed by atoms with E-state index >= 15 is 0 Å². The third-order valence-electron chi connectivity index (χ3n) is 2.88. The first kappa shape index (κ1) is 10.7. The topological polar surface area (TPSA) is 0 Å². The lowest BCUT2D eigenvalue weighted by atomic mass is 10.1. The summed E-state index contributed by atoms with van der Waals surface area (Å²) >= 11 is 1.64. The number of halogens is 2. The summed E-state index contributed by atoms with van der Waals surface area (Å²) < 4.78 is 28.8. The van der Waals surface area contributed by atoms with Gasteiger partial charge in [0, 0.05) is 32.7 Å². The molecule has 0 radical (unpaired) electrons. The molecule has 0 unspecified atom stereocenters. The second-order valence-electron chi connectivity index (χ2n) is 4.20. The molecule has 2 aromatic carbocycles. The number of hydrogen-bond donors (Lipinski definition) is 0. The molecule has 0 amide bonds. The van der Waals surface area contributed by atoms with Gasteiger partial charge in [-0.1, -0.05) is 24.3 Å². The summed E-state index contributed by atoms with van der Waals surface area (Å²) in [7, 11) is 0. The fraction of sp³-hybridized carbons (Fsp3) is 0.143. The molecule has 0 aliphatic rings. The Morgan fingerprint density at radius 1 is 0.941 bits per heavy atom. The molecule has 0 nitrogen and oxygen atoms in total. The molecule has 1 aromatic heterocycles. The monoisotopic (exact) mass is 248 g/mol. The molecule has 1 heterocycles. The van der Waals surface area contributed by atoms with E-state index in [2.05, 4.69) is 0 Å². The maximum Gasteiger partial charge on any atom is 0.270 e. The Hall–Kier alpha value is -1.48. The van der Waals surface area contributed by atoms with Gasteiger partial charge < -0.3 is 0 Å². The highest BCUT2D eigenvalue weighted by atomic mass is 32.1. The summed E-state index contributed by atoms with van der Waals surface area (Å²) in [6, 6.07) is 12.8. The van der Waals surface area contributed by atoms with E-state index in [4.69, 9.17) is 0 Å². The summed E-state index contributed by atoms with van der Waals surface area (Å²) in [6.07, 6.45) is 0. The Morgan fingerprint density at radius 3 is 2.41 bits per heavy atom. The minimum absolute atomic E-state index is 0.0774. The highest BCUT2D eigenvalue weighted by Crippen LogP contribution is 2.37. The van der Waals surface area contributed by atoms with E-state index in [0.29, 0.717) is 0 Å². The quantitative estimate of drug-likeness (QED) is 0.557. The van der Waals surface area contributed by atoms with Gasteiger partial charge in [0.15, 0.2) is 0 Å². The summed E-state index contributed by atoms with van der Waals surface area (Å²) in [6.45, 7) is 0.933. The number of rotatable bonds is 1. The highest BCUT2D eigenvalue weighted by molar-refractivity contribution is 7.25. The fourth-order valence-electron chi connectivity index (χ4n) is 2.00. The maximum absolute atomic E-state index is 13.3. The smallest absolute Gasteiger partial charge is 0.202 e. The summed E-state index contributed by atoms with van der Waals surface area (Å²) in [5.41, 5.74) is 0.0774. The van der Waals surface area contributed by atoms with Gasteiger partial charge in [0.2, 0.25) is 0 Å². The van der Waals surface area contributed by atoms with Crippen LogP contribution in [0, 0.1) is 0 Å². The number of fused-ring (bicyclic) bond motifs is 3. The summed E-state index contributed by atoms with van der Waals surface area (Å²) in [5, 5.41) is 1.98. The second kappa shape index (κ2) is 3.50. The van der Waals surface area contributed by atoms with Crippen LogP contribution in [0.5, 0.6) is 0 Å². The molecule has 0 N–H and O–H groups in total. The van der Waals surface area contributed by atoms with Crippen molar-refractivity contribution in [2.75, 3.05) is 0 Å². The van der Waals surface area contributed by atoms with Gasteiger partial charge in [-0.3, -0.25) is 0 Å². The first-order chi connectivity index (χ1) is 8.05. The molecule has 3 heteroatoms. The largest absolute Gasteiger partial charge is 0.270 e. The lowest BCUT2D eigenvalue weighted by Crippen LogP contribution is -2.05. The van der Waals surface area contributed by atoms with E-state index in [-0.39, 0.29) is 5.56 Å². The van der Waals surface area contributed by atoms with Crippen molar-refractivity contribution in [3.63, 3.8) is 0 Å². The van der Waals surface area contributed by atoms with Gasteiger partial charge in [0.05, 0.1) is 0 Å². The SMILES string of the molecule is CC(F)(F)c1ccc2sc3ccccc3c2c1. The van der Waals surface area contributed by atoms with Gasteiger partial charge in [-0.05, 0) is 18.2 Å². The van der Waals surface area contributed by atoms with Crippen molar-refractivity contribution in [3.05, 3.63) is 48.0 Å². The molecule has 0 aliphatic carbocycles. The molecule has 0 fully saturated rings. The van der Waals surface area contributed by atoms with Crippen LogP contribution in [0.3, 0.4) is 0 Å². The van der Waals surface area contributed by atoms with E-state index in [9.17, 15) is 8.78 Å². The van der Waals surface area contributed by atoms with Crippen LogP contribution in [0.15, 0.2) is 42.5 Å². The Bertz CT molecular complexity index is 692. The van der Waals surface area contributed by atoms with E-state index in [1.165, 1.54) is 6.07 Å². The average molecular weight is 248 g/mol. The zero-order chi connectivity index (χ0) is 12.0. The van der Waals surface area contributed by atoms with Crippen molar-refractivity contribution >= 4 is 31.5 Å². The molecule has 3 aromatic rings. The molecule has 86 valence electrons. The van der Waals surface area contributed by atoms with Crippen molar-refractivity contribution in [3.8, 4) is 0 Å². The zero-order valence-electron chi connectivity index (χ0n) is 9.21. The number of thiophene rings is 1.